The van der Waals surface area contributed by atoms with Crippen molar-refractivity contribution >= 4 is 15.9 Å². The van der Waals surface area contributed by atoms with Crippen LogP contribution in [0.2, 0.25) is 0 Å². The van der Waals surface area contributed by atoms with Crippen LogP contribution in [-0.4, -0.2) is 10.7 Å². The van der Waals surface area contributed by atoms with Crippen molar-refractivity contribution in [1.29, 1.82) is 0 Å². The molecule has 0 heterocycles. The summed E-state index contributed by atoms with van der Waals surface area (Å²) in [7, 11) is 0. The van der Waals surface area contributed by atoms with Gasteiger partial charge in [-0.2, -0.15) is 0 Å². The largest absolute Gasteiger partial charge is 0.378 e. The summed E-state index contributed by atoms with van der Waals surface area (Å²) in [6.45, 7) is 0. The molecular weight excluding hydrogens is 264 g/mol. The molecule has 2 rings (SSSR count). The van der Waals surface area contributed by atoms with E-state index >= 15 is 0 Å². The Morgan fingerprint density at radius 2 is 1.94 bits per heavy atom. The van der Waals surface area contributed by atoms with E-state index in [1.54, 1.807) is 0 Å². The number of hydrogen-bond acceptors (Lipinski definition) is 1. The van der Waals surface area contributed by atoms with Gasteiger partial charge in [-0.1, -0.05) is 40.3 Å². The van der Waals surface area contributed by atoms with Crippen molar-refractivity contribution in [3.63, 3.8) is 0 Å². The molecule has 2 heteroatoms. The molecule has 0 atom stereocenters. The summed E-state index contributed by atoms with van der Waals surface area (Å²) in [5, 5.41) is 10.2. The average molecular weight is 279 g/mol. The van der Waals surface area contributed by atoms with E-state index < -0.39 is 5.60 Å². The van der Waals surface area contributed by atoms with Crippen molar-refractivity contribution in [1.82, 2.24) is 0 Å². The summed E-state index contributed by atoms with van der Waals surface area (Å²) in [6, 6.07) is 7.86. The van der Waals surface area contributed by atoms with Gasteiger partial charge in [-0.05, 0) is 43.9 Å². The van der Waals surface area contributed by atoms with E-state index in [1.165, 1.54) is 6.42 Å². The van der Waals surface area contributed by atoms with Gasteiger partial charge in [-0.15, -0.1) is 0 Å². The van der Waals surface area contributed by atoms with Gasteiger partial charge in [-0.3, -0.25) is 0 Å². The summed E-state index contributed by atoms with van der Waals surface area (Å²) in [5.41, 5.74) is 0.203. The third-order valence-corrected chi connectivity index (χ3v) is 3.44. The minimum absolute atomic E-state index is 0.749. The topological polar surface area (TPSA) is 20.2 Å². The zero-order chi connectivity index (χ0) is 11.4. The van der Waals surface area contributed by atoms with Gasteiger partial charge in [0.1, 0.15) is 5.60 Å². The van der Waals surface area contributed by atoms with Crippen molar-refractivity contribution in [2.75, 3.05) is 0 Å². The number of rotatable bonds is 0. The lowest BCUT2D eigenvalue weighted by Gasteiger charge is -2.26. The molecule has 0 bridgehead atoms. The Morgan fingerprint density at radius 1 is 1.19 bits per heavy atom. The fourth-order valence-electron chi connectivity index (χ4n) is 2.02. The molecule has 1 aliphatic carbocycles. The van der Waals surface area contributed by atoms with Gasteiger partial charge in [0.05, 0.1) is 0 Å². The molecule has 0 amide bonds. The molecule has 0 aromatic heterocycles. The minimum Gasteiger partial charge on any atom is -0.378 e. The van der Waals surface area contributed by atoms with Crippen molar-refractivity contribution in [2.45, 2.75) is 37.7 Å². The normalized spacial score (nSPS) is 18.6. The SMILES string of the molecule is OC1(C#Cc2cccc(Br)c2)CCCCC1. The molecule has 1 aromatic carbocycles. The lowest BCUT2D eigenvalue weighted by atomic mass is 9.85. The molecule has 1 saturated carbocycles. The standard InChI is InChI=1S/C14H15BrO/c15-13-6-4-5-12(11-13)7-10-14(16)8-2-1-3-9-14/h4-6,11,16H,1-3,8-9H2. The van der Waals surface area contributed by atoms with Gasteiger partial charge in [-0.25, -0.2) is 0 Å². The lowest BCUT2D eigenvalue weighted by Crippen LogP contribution is -2.29. The Bertz CT molecular complexity index is 422. The maximum atomic E-state index is 10.2. The van der Waals surface area contributed by atoms with E-state index in [1.807, 2.05) is 24.3 Å². The molecular formula is C14H15BrO. The molecule has 1 aromatic rings. The second-order valence-corrected chi connectivity index (χ2v) is 5.27. The molecule has 84 valence electrons. The van der Waals surface area contributed by atoms with E-state index in [0.717, 1.165) is 35.7 Å². The van der Waals surface area contributed by atoms with Crippen LogP contribution in [0.25, 0.3) is 0 Å². The summed E-state index contributed by atoms with van der Waals surface area (Å²) in [5.74, 6) is 6.09. The van der Waals surface area contributed by atoms with Gasteiger partial charge in [0.2, 0.25) is 0 Å². The van der Waals surface area contributed by atoms with Gasteiger partial charge in [0, 0.05) is 10.0 Å². The van der Waals surface area contributed by atoms with Gasteiger partial charge < -0.3 is 5.11 Å². The first-order chi connectivity index (χ1) is 7.68. The number of halogens is 1. The van der Waals surface area contributed by atoms with Crippen LogP contribution in [0.5, 0.6) is 0 Å². The molecule has 16 heavy (non-hydrogen) atoms. The number of benzene rings is 1. The summed E-state index contributed by atoms with van der Waals surface area (Å²) in [6.07, 6.45) is 5.02. The highest BCUT2D eigenvalue weighted by atomic mass is 79.9. The van der Waals surface area contributed by atoms with E-state index in [2.05, 4.69) is 27.8 Å². The Hall–Kier alpha value is -0.780. The fourth-order valence-corrected chi connectivity index (χ4v) is 2.42. The molecule has 1 nitrogen and oxygen atoms in total. The average Bonchev–Trinajstić information content (AvgIpc) is 2.28. The number of aliphatic hydroxyl groups is 1. The first kappa shape index (κ1) is 11.7. The van der Waals surface area contributed by atoms with Crippen LogP contribution in [0.4, 0.5) is 0 Å². The zero-order valence-corrected chi connectivity index (χ0v) is 10.8. The highest BCUT2D eigenvalue weighted by Gasteiger charge is 2.26. The van der Waals surface area contributed by atoms with Crippen molar-refractivity contribution in [2.24, 2.45) is 0 Å². The van der Waals surface area contributed by atoms with E-state index in [9.17, 15) is 5.11 Å². The highest BCUT2D eigenvalue weighted by molar-refractivity contribution is 9.10. The van der Waals surface area contributed by atoms with Gasteiger partial charge >= 0.3 is 0 Å². The van der Waals surface area contributed by atoms with E-state index in [-0.39, 0.29) is 0 Å². The molecule has 1 N–H and O–H groups in total. The molecule has 0 radical (unpaired) electrons. The Labute approximate surface area is 105 Å². The molecule has 0 aliphatic heterocycles. The van der Waals surface area contributed by atoms with Crippen LogP contribution in [0.3, 0.4) is 0 Å². The highest BCUT2D eigenvalue weighted by Crippen LogP contribution is 2.27. The predicted octanol–water partition coefficient (Wildman–Crippen LogP) is 3.50. The second kappa shape index (κ2) is 5.03. The van der Waals surface area contributed by atoms with Crippen LogP contribution >= 0.6 is 15.9 Å². The maximum absolute atomic E-state index is 10.2. The molecule has 1 aliphatic rings. The van der Waals surface area contributed by atoms with Crippen LogP contribution < -0.4 is 0 Å². The Morgan fingerprint density at radius 3 is 2.62 bits per heavy atom. The molecule has 0 spiro atoms. The zero-order valence-electron chi connectivity index (χ0n) is 9.17. The Balaban J connectivity index is 2.14. The monoisotopic (exact) mass is 278 g/mol. The smallest absolute Gasteiger partial charge is 0.125 e. The molecule has 1 fully saturated rings. The quantitative estimate of drug-likeness (QED) is 0.721. The molecule has 0 unspecified atom stereocenters. The predicted molar refractivity (Wildman–Crippen MR) is 69.1 cm³/mol. The fraction of sp³-hybridized carbons (Fsp3) is 0.429. The van der Waals surface area contributed by atoms with Crippen LogP contribution in [0.15, 0.2) is 28.7 Å². The van der Waals surface area contributed by atoms with Gasteiger partial charge in [0.15, 0.2) is 0 Å². The third kappa shape index (κ3) is 3.10. The van der Waals surface area contributed by atoms with Crippen LogP contribution in [0.1, 0.15) is 37.7 Å². The second-order valence-electron chi connectivity index (χ2n) is 4.35. The molecule has 0 saturated heterocycles. The van der Waals surface area contributed by atoms with Crippen molar-refractivity contribution in [3.05, 3.63) is 34.3 Å². The first-order valence-electron chi connectivity index (χ1n) is 5.69. The first-order valence-corrected chi connectivity index (χ1v) is 6.48. The van der Waals surface area contributed by atoms with E-state index in [0.29, 0.717) is 0 Å². The maximum Gasteiger partial charge on any atom is 0.125 e. The van der Waals surface area contributed by atoms with Crippen molar-refractivity contribution < 1.29 is 5.11 Å². The summed E-state index contributed by atoms with van der Waals surface area (Å²) < 4.78 is 1.02. The van der Waals surface area contributed by atoms with E-state index in [4.69, 9.17) is 0 Å². The minimum atomic E-state index is -0.749. The van der Waals surface area contributed by atoms with Crippen LogP contribution in [-0.2, 0) is 0 Å². The van der Waals surface area contributed by atoms with Crippen molar-refractivity contribution in [3.8, 4) is 11.8 Å². The van der Waals surface area contributed by atoms with Gasteiger partial charge in [0.25, 0.3) is 0 Å². The number of hydrogen-bond donors (Lipinski definition) is 1. The van der Waals surface area contributed by atoms with Crippen LogP contribution in [0, 0.1) is 11.8 Å². The Kier molecular flexibility index (Phi) is 3.68. The lowest BCUT2D eigenvalue weighted by molar-refractivity contribution is 0.0610. The summed E-state index contributed by atoms with van der Waals surface area (Å²) in [4.78, 5) is 0. The third-order valence-electron chi connectivity index (χ3n) is 2.94. The summed E-state index contributed by atoms with van der Waals surface area (Å²) >= 11 is 3.41.